The van der Waals surface area contributed by atoms with Crippen molar-refractivity contribution in [3.8, 4) is 0 Å². The van der Waals surface area contributed by atoms with Gasteiger partial charge in [0.05, 0.1) is 25.9 Å². The maximum absolute atomic E-state index is 13.2. The standard InChI is InChI=1S/C12H15F2NO2/c1-15-12(11-7-16-4-5-17-11)8-2-3-9(13)10(14)6-8/h2-3,6,11-12,15H,4-5,7H2,1H3. The van der Waals surface area contributed by atoms with Crippen LogP contribution in [0, 0.1) is 11.6 Å². The molecule has 94 valence electrons. The highest BCUT2D eigenvalue weighted by molar-refractivity contribution is 5.22. The van der Waals surface area contributed by atoms with Crippen LogP contribution in [-0.2, 0) is 9.47 Å². The third-order valence-electron chi connectivity index (χ3n) is 2.83. The molecule has 0 bridgehead atoms. The molecule has 2 rings (SSSR count). The zero-order valence-corrected chi connectivity index (χ0v) is 9.58. The third-order valence-corrected chi connectivity index (χ3v) is 2.83. The minimum absolute atomic E-state index is 0.182. The first kappa shape index (κ1) is 12.4. The van der Waals surface area contributed by atoms with E-state index in [-0.39, 0.29) is 12.1 Å². The molecule has 0 aromatic heterocycles. The number of benzene rings is 1. The Bertz CT molecular complexity index is 381. The van der Waals surface area contributed by atoms with Gasteiger partial charge in [-0.3, -0.25) is 0 Å². The Hall–Kier alpha value is -1.04. The Morgan fingerprint density at radius 1 is 1.29 bits per heavy atom. The van der Waals surface area contributed by atoms with E-state index in [0.717, 1.165) is 6.07 Å². The number of nitrogens with one attached hydrogen (secondary N) is 1. The van der Waals surface area contributed by atoms with E-state index in [1.54, 1.807) is 13.1 Å². The lowest BCUT2D eigenvalue weighted by molar-refractivity contribution is -0.101. The van der Waals surface area contributed by atoms with Crippen LogP contribution in [0.4, 0.5) is 8.78 Å². The lowest BCUT2D eigenvalue weighted by Gasteiger charge is -2.30. The molecule has 1 heterocycles. The highest BCUT2D eigenvalue weighted by Crippen LogP contribution is 2.22. The Labute approximate surface area is 98.7 Å². The third kappa shape index (κ3) is 2.80. The van der Waals surface area contributed by atoms with E-state index in [1.165, 1.54) is 6.07 Å². The van der Waals surface area contributed by atoms with Gasteiger partial charge in [-0.1, -0.05) is 6.07 Å². The molecule has 1 fully saturated rings. The molecule has 17 heavy (non-hydrogen) atoms. The van der Waals surface area contributed by atoms with Crippen molar-refractivity contribution >= 4 is 0 Å². The summed E-state index contributed by atoms with van der Waals surface area (Å²) in [6, 6.07) is 3.66. The molecule has 1 aromatic carbocycles. The number of rotatable bonds is 3. The van der Waals surface area contributed by atoms with Gasteiger partial charge in [0.1, 0.15) is 6.10 Å². The van der Waals surface area contributed by atoms with Gasteiger partial charge in [0.25, 0.3) is 0 Å². The molecule has 2 atom stereocenters. The zero-order chi connectivity index (χ0) is 12.3. The minimum atomic E-state index is -0.848. The van der Waals surface area contributed by atoms with E-state index in [1.807, 2.05) is 0 Å². The van der Waals surface area contributed by atoms with Crippen molar-refractivity contribution in [3.05, 3.63) is 35.4 Å². The van der Waals surface area contributed by atoms with Gasteiger partial charge in [-0.2, -0.15) is 0 Å². The summed E-state index contributed by atoms with van der Waals surface area (Å²) < 4.78 is 36.9. The maximum atomic E-state index is 13.2. The molecular formula is C12H15F2NO2. The van der Waals surface area contributed by atoms with E-state index < -0.39 is 11.6 Å². The predicted molar refractivity (Wildman–Crippen MR) is 58.7 cm³/mol. The van der Waals surface area contributed by atoms with E-state index in [0.29, 0.717) is 25.4 Å². The van der Waals surface area contributed by atoms with Crippen LogP contribution in [-0.4, -0.2) is 33.0 Å². The Morgan fingerprint density at radius 2 is 2.12 bits per heavy atom. The van der Waals surface area contributed by atoms with Gasteiger partial charge in [-0.25, -0.2) is 8.78 Å². The number of ether oxygens (including phenoxy) is 2. The molecule has 0 aliphatic carbocycles. The van der Waals surface area contributed by atoms with E-state index >= 15 is 0 Å². The summed E-state index contributed by atoms with van der Waals surface area (Å²) in [6.45, 7) is 1.54. The Morgan fingerprint density at radius 3 is 2.71 bits per heavy atom. The summed E-state index contributed by atoms with van der Waals surface area (Å²) >= 11 is 0. The molecule has 5 heteroatoms. The highest BCUT2D eigenvalue weighted by Gasteiger charge is 2.25. The topological polar surface area (TPSA) is 30.5 Å². The van der Waals surface area contributed by atoms with Crippen molar-refractivity contribution in [1.29, 1.82) is 0 Å². The first-order valence-electron chi connectivity index (χ1n) is 5.54. The SMILES string of the molecule is CNC(c1ccc(F)c(F)c1)C1COCCO1. The van der Waals surface area contributed by atoms with Crippen molar-refractivity contribution in [3.63, 3.8) is 0 Å². The first-order chi connectivity index (χ1) is 8.22. The largest absolute Gasteiger partial charge is 0.376 e. The summed E-state index contributed by atoms with van der Waals surface area (Å²) in [6.07, 6.45) is -0.182. The zero-order valence-electron chi connectivity index (χ0n) is 9.58. The van der Waals surface area contributed by atoms with Crippen LogP contribution in [0.3, 0.4) is 0 Å². The molecule has 1 aliphatic heterocycles. The summed E-state index contributed by atoms with van der Waals surface area (Å²) in [5.41, 5.74) is 0.655. The molecule has 3 nitrogen and oxygen atoms in total. The van der Waals surface area contributed by atoms with Crippen LogP contribution >= 0.6 is 0 Å². The molecule has 2 unspecified atom stereocenters. The average Bonchev–Trinajstić information content (AvgIpc) is 2.36. The molecule has 1 N–H and O–H groups in total. The van der Waals surface area contributed by atoms with Gasteiger partial charge >= 0.3 is 0 Å². The van der Waals surface area contributed by atoms with Gasteiger partial charge in [0.15, 0.2) is 11.6 Å². The second kappa shape index (κ2) is 5.53. The monoisotopic (exact) mass is 243 g/mol. The molecule has 1 aromatic rings. The second-order valence-corrected chi connectivity index (χ2v) is 3.92. The summed E-state index contributed by atoms with van der Waals surface area (Å²) in [5.74, 6) is -1.69. The lowest BCUT2D eigenvalue weighted by atomic mass is 10.0. The molecule has 0 amide bonds. The molecule has 1 aliphatic rings. The average molecular weight is 243 g/mol. The van der Waals surface area contributed by atoms with Crippen LogP contribution in [0.1, 0.15) is 11.6 Å². The lowest BCUT2D eigenvalue weighted by Crippen LogP contribution is -2.39. The molecular weight excluding hydrogens is 228 g/mol. The molecule has 0 saturated carbocycles. The fraction of sp³-hybridized carbons (Fsp3) is 0.500. The van der Waals surface area contributed by atoms with Crippen LogP contribution in [0.25, 0.3) is 0 Å². The summed E-state index contributed by atoms with van der Waals surface area (Å²) in [4.78, 5) is 0. The Kier molecular flexibility index (Phi) is 4.04. The van der Waals surface area contributed by atoms with Gasteiger partial charge in [0, 0.05) is 0 Å². The molecule has 0 radical (unpaired) electrons. The first-order valence-corrected chi connectivity index (χ1v) is 5.54. The van der Waals surface area contributed by atoms with Crippen molar-refractivity contribution in [2.45, 2.75) is 12.1 Å². The summed E-state index contributed by atoms with van der Waals surface area (Å²) in [5, 5.41) is 3.04. The fourth-order valence-electron chi connectivity index (χ4n) is 1.97. The van der Waals surface area contributed by atoms with Gasteiger partial charge < -0.3 is 14.8 Å². The molecule has 0 spiro atoms. The maximum Gasteiger partial charge on any atom is 0.159 e. The number of halogens is 2. The van der Waals surface area contributed by atoms with E-state index in [9.17, 15) is 8.78 Å². The van der Waals surface area contributed by atoms with Crippen LogP contribution in [0.5, 0.6) is 0 Å². The minimum Gasteiger partial charge on any atom is -0.376 e. The van der Waals surface area contributed by atoms with Gasteiger partial charge in [-0.05, 0) is 24.7 Å². The van der Waals surface area contributed by atoms with Crippen LogP contribution < -0.4 is 5.32 Å². The van der Waals surface area contributed by atoms with E-state index in [2.05, 4.69) is 5.32 Å². The normalized spacial score (nSPS) is 22.4. The Balaban J connectivity index is 2.18. The predicted octanol–water partition coefficient (Wildman–Crippen LogP) is 1.64. The fourth-order valence-corrected chi connectivity index (χ4v) is 1.97. The quantitative estimate of drug-likeness (QED) is 0.875. The van der Waals surface area contributed by atoms with Crippen LogP contribution in [0.2, 0.25) is 0 Å². The summed E-state index contributed by atoms with van der Waals surface area (Å²) in [7, 11) is 1.75. The van der Waals surface area contributed by atoms with Crippen LogP contribution in [0.15, 0.2) is 18.2 Å². The van der Waals surface area contributed by atoms with Crippen molar-refractivity contribution in [1.82, 2.24) is 5.32 Å². The smallest absolute Gasteiger partial charge is 0.159 e. The van der Waals surface area contributed by atoms with Crippen molar-refractivity contribution in [2.24, 2.45) is 0 Å². The number of likely N-dealkylation sites (N-methyl/N-ethyl adjacent to an activating group) is 1. The van der Waals surface area contributed by atoms with E-state index in [4.69, 9.17) is 9.47 Å². The van der Waals surface area contributed by atoms with Crippen molar-refractivity contribution < 1.29 is 18.3 Å². The highest BCUT2D eigenvalue weighted by atomic mass is 19.2. The van der Waals surface area contributed by atoms with Gasteiger partial charge in [0.2, 0.25) is 0 Å². The number of hydrogen-bond donors (Lipinski definition) is 1. The van der Waals surface area contributed by atoms with Gasteiger partial charge in [-0.15, -0.1) is 0 Å². The number of hydrogen-bond acceptors (Lipinski definition) is 3. The molecule has 1 saturated heterocycles. The second-order valence-electron chi connectivity index (χ2n) is 3.92. The van der Waals surface area contributed by atoms with Crippen molar-refractivity contribution in [2.75, 3.05) is 26.9 Å².